The van der Waals surface area contributed by atoms with E-state index in [1.165, 1.54) is 11.6 Å². The van der Waals surface area contributed by atoms with Gasteiger partial charge in [-0.15, -0.1) is 0 Å². The van der Waals surface area contributed by atoms with Crippen LogP contribution >= 0.6 is 0 Å². The van der Waals surface area contributed by atoms with E-state index in [-0.39, 0.29) is 5.69 Å². The summed E-state index contributed by atoms with van der Waals surface area (Å²) in [5.41, 5.74) is 6.05. The maximum atomic E-state index is 13.9. The molecule has 1 aromatic heterocycles. The molecule has 0 unspecified atom stereocenters. The predicted octanol–water partition coefficient (Wildman–Crippen LogP) is 7.44. The summed E-state index contributed by atoms with van der Waals surface area (Å²) < 4.78 is 39.0. The lowest BCUT2D eigenvalue weighted by Gasteiger charge is -2.12. The fraction of sp³-hybridized carbons (Fsp3) is 0.179. The first-order valence-corrected chi connectivity index (χ1v) is 11.0. The summed E-state index contributed by atoms with van der Waals surface area (Å²) in [6.45, 7) is 8.16. The third kappa shape index (κ3) is 4.71. The molecule has 1 amide bonds. The molecule has 6 heteroatoms. The van der Waals surface area contributed by atoms with Crippen LogP contribution in [0.4, 0.5) is 14.5 Å². The van der Waals surface area contributed by atoms with Crippen molar-refractivity contribution in [1.82, 2.24) is 0 Å². The summed E-state index contributed by atoms with van der Waals surface area (Å²) >= 11 is 0. The van der Waals surface area contributed by atoms with Crippen molar-refractivity contribution >= 4 is 28.1 Å². The number of anilines is 1. The Hall–Kier alpha value is -3.93. The van der Waals surface area contributed by atoms with Crippen LogP contribution in [0.15, 0.2) is 65.3 Å². The summed E-state index contributed by atoms with van der Waals surface area (Å²) in [5, 5.41) is 3.28. The second-order valence-electron chi connectivity index (χ2n) is 8.19. The summed E-state index contributed by atoms with van der Waals surface area (Å²) in [6.07, 6.45) is 3.06. The predicted molar refractivity (Wildman–Crippen MR) is 131 cm³/mol. The van der Waals surface area contributed by atoms with Crippen LogP contribution in [0, 0.1) is 25.5 Å². The van der Waals surface area contributed by atoms with Crippen molar-refractivity contribution in [3.8, 4) is 16.9 Å². The van der Waals surface area contributed by atoms with Crippen LogP contribution < -0.4 is 10.1 Å². The first-order chi connectivity index (χ1) is 16.3. The highest BCUT2D eigenvalue weighted by Gasteiger charge is 2.17. The number of carbonyl (C=O) groups is 1. The molecule has 34 heavy (non-hydrogen) atoms. The highest BCUT2D eigenvalue weighted by molar-refractivity contribution is 6.05. The van der Waals surface area contributed by atoms with Crippen LogP contribution in [-0.4, -0.2) is 12.5 Å². The summed E-state index contributed by atoms with van der Waals surface area (Å²) in [4.78, 5) is 12.6. The zero-order valence-electron chi connectivity index (χ0n) is 19.5. The Balaban J connectivity index is 1.75. The Morgan fingerprint density at radius 2 is 1.85 bits per heavy atom. The SMILES string of the molecule is CCOc1cc2occ(-c3ccc(C)cc3C)c2cc1/C(C)=C/C(=O)Nc1cc(F)ccc1F. The van der Waals surface area contributed by atoms with Gasteiger partial charge in [0.15, 0.2) is 0 Å². The number of aryl methyl sites for hydroxylation is 2. The van der Waals surface area contributed by atoms with E-state index in [0.29, 0.717) is 29.1 Å². The molecule has 0 saturated carbocycles. The number of nitrogens with one attached hydrogen (secondary N) is 1. The normalized spacial score (nSPS) is 11.6. The number of ether oxygens (including phenoxy) is 1. The second kappa shape index (κ2) is 9.51. The maximum Gasteiger partial charge on any atom is 0.248 e. The van der Waals surface area contributed by atoms with Crippen LogP contribution in [0.2, 0.25) is 0 Å². The zero-order chi connectivity index (χ0) is 24.4. The maximum absolute atomic E-state index is 13.9. The Kier molecular flexibility index (Phi) is 6.50. The molecule has 0 atom stereocenters. The van der Waals surface area contributed by atoms with E-state index in [4.69, 9.17) is 9.15 Å². The standard InChI is InChI=1S/C28H25F2NO3/c1-5-33-26-14-27-22(23(15-34-27)20-8-6-16(2)10-17(20)3)13-21(26)18(4)11-28(32)31-25-12-19(29)7-9-24(25)30/h6-15H,5H2,1-4H3,(H,31,32)/b18-11+. The van der Waals surface area contributed by atoms with Gasteiger partial charge in [-0.3, -0.25) is 4.79 Å². The van der Waals surface area contributed by atoms with E-state index in [9.17, 15) is 13.6 Å². The number of carbonyl (C=O) groups excluding carboxylic acids is 1. The lowest BCUT2D eigenvalue weighted by atomic mass is 9.96. The molecule has 0 aliphatic carbocycles. The fourth-order valence-electron chi connectivity index (χ4n) is 4.00. The lowest BCUT2D eigenvalue weighted by Crippen LogP contribution is -2.10. The lowest BCUT2D eigenvalue weighted by molar-refractivity contribution is -0.111. The molecule has 0 aliphatic rings. The molecule has 0 fully saturated rings. The number of amides is 1. The van der Waals surface area contributed by atoms with Gasteiger partial charge >= 0.3 is 0 Å². The van der Waals surface area contributed by atoms with Gasteiger partial charge < -0.3 is 14.5 Å². The van der Waals surface area contributed by atoms with Gasteiger partial charge in [-0.1, -0.05) is 23.8 Å². The van der Waals surface area contributed by atoms with Crippen molar-refractivity contribution < 1.29 is 22.7 Å². The Bertz CT molecular complexity index is 1420. The Morgan fingerprint density at radius 1 is 1.06 bits per heavy atom. The number of allylic oxidation sites excluding steroid dienone is 1. The van der Waals surface area contributed by atoms with Crippen molar-refractivity contribution in [1.29, 1.82) is 0 Å². The van der Waals surface area contributed by atoms with E-state index >= 15 is 0 Å². The summed E-state index contributed by atoms with van der Waals surface area (Å²) in [7, 11) is 0. The van der Waals surface area contributed by atoms with Crippen LogP contribution in [-0.2, 0) is 4.79 Å². The monoisotopic (exact) mass is 461 g/mol. The number of benzene rings is 3. The molecular formula is C28H25F2NO3. The molecule has 1 N–H and O–H groups in total. The van der Waals surface area contributed by atoms with Gasteiger partial charge in [0.05, 0.1) is 18.6 Å². The average molecular weight is 462 g/mol. The van der Waals surface area contributed by atoms with Crippen molar-refractivity contribution in [2.75, 3.05) is 11.9 Å². The molecule has 174 valence electrons. The van der Waals surface area contributed by atoms with Gasteiger partial charge in [-0.25, -0.2) is 8.78 Å². The van der Waals surface area contributed by atoms with Crippen molar-refractivity contribution in [2.45, 2.75) is 27.7 Å². The van der Waals surface area contributed by atoms with Crippen molar-refractivity contribution in [3.63, 3.8) is 0 Å². The molecule has 4 nitrogen and oxygen atoms in total. The van der Waals surface area contributed by atoms with Gasteiger partial charge in [0.25, 0.3) is 0 Å². The first kappa shape index (κ1) is 23.2. The highest BCUT2D eigenvalue weighted by atomic mass is 19.1. The quantitative estimate of drug-likeness (QED) is 0.304. The molecule has 4 rings (SSSR count). The second-order valence-corrected chi connectivity index (χ2v) is 8.19. The first-order valence-electron chi connectivity index (χ1n) is 11.0. The molecule has 4 aromatic rings. The van der Waals surface area contributed by atoms with E-state index in [1.807, 2.05) is 26.0 Å². The summed E-state index contributed by atoms with van der Waals surface area (Å²) in [6, 6.07) is 12.9. The largest absolute Gasteiger partial charge is 0.493 e. The number of rotatable bonds is 6. The van der Waals surface area contributed by atoms with Gasteiger partial charge in [-0.2, -0.15) is 0 Å². The van der Waals surface area contributed by atoms with Crippen LogP contribution in [0.1, 0.15) is 30.5 Å². The molecule has 0 bridgehead atoms. The molecule has 0 aliphatic heterocycles. The topological polar surface area (TPSA) is 51.5 Å². The van der Waals surface area contributed by atoms with E-state index in [2.05, 4.69) is 30.4 Å². The van der Waals surface area contributed by atoms with Gasteiger partial charge in [-0.05, 0) is 62.6 Å². The molecule has 0 spiro atoms. The van der Waals surface area contributed by atoms with Crippen LogP contribution in [0.25, 0.3) is 27.7 Å². The molecule has 0 radical (unpaired) electrons. The number of hydrogen-bond donors (Lipinski definition) is 1. The third-order valence-electron chi connectivity index (χ3n) is 5.61. The third-order valence-corrected chi connectivity index (χ3v) is 5.61. The van der Waals surface area contributed by atoms with Gasteiger partial charge in [0, 0.05) is 34.7 Å². The smallest absolute Gasteiger partial charge is 0.248 e. The molecule has 3 aromatic carbocycles. The number of furan rings is 1. The zero-order valence-corrected chi connectivity index (χ0v) is 19.5. The average Bonchev–Trinajstić information content (AvgIpc) is 3.18. The van der Waals surface area contributed by atoms with Crippen molar-refractivity contribution in [3.05, 3.63) is 89.2 Å². The number of halogens is 2. The number of fused-ring (bicyclic) bond motifs is 1. The molecular weight excluding hydrogens is 436 g/mol. The highest BCUT2D eigenvalue weighted by Crippen LogP contribution is 2.38. The molecule has 1 heterocycles. The minimum absolute atomic E-state index is 0.221. The minimum atomic E-state index is -0.714. The van der Waals surface area contributed by atoms with E-state index < -0.39 is 17.5 Å². The Labute approximate surface area is 196 Å². The van der Waals surface area contributed by atoms with E-state index in [0.717, 1.165) is 40.3 Å². The van der Waals surface area contributed by atoms with Crippen LogP contribution in [0.5, 0.6) is 5.75 Å². The fourth-order valence-corrected chi connectivity index (χ4v) is 4.00. The Morgan fingerprint density at radius 3 is 2.59 bits per heavy atom. The molecule has 0 saturated heterocycles. The van der Waals surface area contributed by atoms with Crippen LogP contribution in [0.3, 0.4) is 0 Å². The van der Waals surface area contributed by atoms with Gasteiger partial charge in [0.1, 0.15) is 23.0 Å². The van der Waals surface area contributed by atoms with E-state index in [1.54, 1.807) is 13.2 Å². The minimum Gasteiger partial charge on any atom is -0.493 e. The van der Waals surface area contributed by atoms with Gasteiger partial charge in [0.2, 0.25) is 5.91 Å². The number of hydrogen-bond acceptors (Lipinski definition) is 3. The van der Waals surface area contributed by atoms with Crippen molar-refractivity contribution in [2.24, 2.45) is 0 Å². The summed E-state index contributed by atoms with van der Waals surface area (Å²) in [5.74, 6) is -1.37.